The Kier molecular flexibility index (Phi) is 12.3. The molecule has 4 aliphatic rings. The molecule has 31 heavy (non-hydrogen) atoms. The van der Waals surface area contributed by atoms with Crippen molar-refractivity contribution < 1.29 is 23.5 Å². The van der Waals surface area contributed by atoms with Crippen LogP contribution < -0.4 is 5.32 Å². The highest BCUT2D eigenvalue weighted by atomic mass is 16.7. The van der Waals surface area contributed by atoms with Gasteiger partial charge in [-0.25, -0.2) is 0 Å². The molecule has 2 N–H and O–H groups in total. The molecule has 0 aromatic rings. The minimum absolute atomic E-state index is 0.0932. The molecule has 174 valence electrons. The van der Waals surface area contributed by atoms with Crippen LogP contribution in [0.1, 0.15) is 53.4 Å². The van der Waals surface area contributed by atoms with Crippen LogP contribution in [0.25, 0.3) is 0 Å². The Labute approximate surface area is 194 Å². The summed E-state index contributed by atoms with van der Waals surface area (Å²) in [5.74, 6) is 0. The molecule has 0 bridgehead atoms. The smallest absolute Gasteiger partial charge is 0.426 e. The Morgan fingerprint density at radius 2 is 1.48 bits per heavy atom. The number of nitrogens with one attached hydrogen (secondary N) is 1. The standard InChI is InChI=1S/C8H16BNO.C7H15NO.C3H9B3O3.CH3B/c1-8(2)7-5-4-6-10(7)9(3)11-8;1-7(2,9)6-4-3-5-8-6;1-4-7-5(2)9-6(3)8-4;1-2/h7H,4-6H2,1-3H3;6,8-9H,3-5H2,1-2H3;1-3H3;1H3/t7-;6-;;/m00../s1. The fourth-order valence-corrected chi connectivity index (χ4v) is 4.75. The van der Waals surface area contributed by atoms with Gasteiger partial charge in [-0.2, -0.15) is 0 Å². The SMILES string of the molecule is CB1OB(C)OB(C)O1.CB1OC(C)(C)[C@@H]2CCCN12.CC(C)(O)[C@@H]1CCCN1.[B]C. The van der Waals surface area contributed by atoms with Gasteiger partial charge in [-0.15, -0.1) is 0 Å². The highest BCUT2D eigenvalue weighted by Gasteiger charge is 2.49. The van der Waals surface area contributed by atoms with Gasteiger partial charge in [0.1, 0.15) is 0 Å². The molecule has 4 heterocycles. The van der Waals surface area contributed by atoms with Crippen molar-refractivity contribution in [1.29, 1.82) is 0 Å². The number of fused-ring (bicyclic) bond motifs is 1. The Balaban J connectivity index is 0.000000225. The molecule has 0 amide bonds. The first-order valence-corrected chi connectivity index (χ1v) is 11.8. The Hall–Kier alpha value is 0.0447. The van der Waals surface area contributed by atoms with Gasteiger partial charge in [0.05, 0.1) is 19.0 Å². The number of hydrogen-bond acceptors (Lipinski definition) is 7. The molecule has 0 saturated carbocycles. The van der Waals surface area contributed by atoms with Gasteiger partial charge in [0.25, 0.3) is 0 Å². The van der Waals surface area contributed by atoms with Crippen LogP contribution in [0.2, 0.25) is 34.1 Å². The number of nitrogens with zero attached hydrogens (tertiary/aromatic N) is 1. The fourth-order valence-electron chi connectivity index (χ4n) is 4.75. The summed E-state index contributed by atoms with van der Waals surface area (Å²) >= 11 is 0. The van der Waals surface area contributed by atoms with Gasteiger partial charge >= 0.3 is 28.4 Å². The van der Waals surface area contributed by atoms with E-state index in [2.05, 4.69) is 38.6 Å². The van der Waals surface area contributed by atoms with Crippen LogP contribution in [0, 0.1) is 0 Å². The van der Waals surface area contributed by atoms with E-state index in [0.29, 0.717) is 19.1 Å². The number of aliphatic hydroxyl groups is 1. The summed E-state index contributed by atoms with van der Waals surface area (Å²) in [5.41, 5.74) is -0.438. The lowest BCUT2D eigenvalue weighted by molar-refractivity contribution is 0.0449. The molecular formula is C19H43B5N2O5. The molecule has 0 unspecified atom stereocenters. The summed E-state index contributed by atoms with van der Waals surface area (Å²) in [6, 6.07) is 0.995. The van der Waals surface area contributed by atoms with Crippen molar-refractivity contribution in [3.63, 3.8) is 0 Å². The summed E-state index contributed by atoms with van der Waals surface area (Å²) in [7, 11) is 4.44. The van der Waals surface area contributed by atoms with E-state index in [0.717, 1.165) is 13.0 Å². The van der Waals surface area contributed by atoms with E-state index >= 15 is 0 Å². The van der Waals surface area contributed by atoms with Crippen molar-refractivity contribution in [2.24, 2.45) is 0 Å². The summed E-state index contributed by atoms with van der Waals surface area (Å²) in [6.07, 6.45) is 4.98. The largest absolute Gasteiger partial charge is 0.453 e. The zero-order valence-electron chi connectivity index (χ0n) is 21.3. The van der Waals surface area contributed by atoms with E-state index in [9.17, 15) is 5.11 Å². The molecule has 4 saturated heterocycles. The Bertz CT molecular complexity index is 484. The minimum atomic E-state index is -0.531. The fraction of sp³-hybridized carbons (Fsp3) is 1.00. The zero-order valence-corrected chi connectivity index (χ0v) is 21.3. The molecule has 0 aromatic carbocycles. The zero-order chi connectivity index (χ0) is 23.8. The van der Waals surface area contributed by atoms with Crippen LogP contribution in [0.15, 0.2) is 0 Å². The van der Waals surface area contributed by atoms with Crippen molar-refractivity contribution in [3.8, 4) is 0 Å². The summed E-state index contributed by atoms with van der Waals surface area (Å²) < 4.78 is 21.2. The average molecular weight is 434 g/mol. The molecule has 0 aliphatic carbocycles. The van der Waals surface area contributed by atoms with E-state index in [4.69, 9.17) is 18.4 Å². The summed E-state index contributed by atoms with van der Waals surface area (Å²) in [5, 5.41) is 12.7. The predicted molar refractivity (Wildman–Crippen MR) is 134 cm³/mol. The second-order valence-electron chi connectivity index (χ2n) is 9.63. The molecular weight excluding hydrogens is 390 g/mol. The normalized spacial score (nSPS) is 27.5. The van der Waals surface area contributed by atoms with E-state index in [1.165, 1.54) is 32.6 Å². The topological polar surface area (TPSA) is 72.4 Å². The molecule has 4 fully saturated rings. The van der Waals surface area contributed by atoms with Crippen molar-refractivity contribution in [1.82, 2.24) is 10.1 Å². The molecule has 2 radical (unpaired) electrons. The van der Waals surface area contributed by atoms with Crippen LogP contribution in [-0.4, -0.2) is 82.5 Å². The lowest BCUT2D eigenvalue weighted by Gasteiger charge is -2.25. The quantitative estimate of drug-likeness (QED) is 0.616. The highest BCUT2D eigenvalue weighted by molar-refractivity contribution is 6.72. The van der Waals surface area contributed by atoms with Crippen molar-refractivity contribution in [2.45, 2.75) is 111 Å². The number of rotatable bonds is 1. The van der Waals surface area contributed by atoms with Gasteiger partial charge in [-0.1, -0.05) is 6.82 Å². The van der Waals surface area contributed by atoms with Crippen LogP contribution >= 0.6 is 0 Å². The average Bonchev–Trinajstić information content (AvgIpc) is 3.37. The highest BCUT2D eigenvalue weighted by Crippen LogP contribution is 2.36. The summed E-state index contributed by atoms with van der Waals surface area (Å²) in [4.78, 5) is 2.49. The number of hydrogen-bond donors (Lipinski definition) is 2. The lowest BCUT2D eigenvalue weighted by Crippen LogP contribution is -2.44. The van der Waals surface area contributed by atoms with Crippen molar-refractivity contribution in [2.75, 3.05) is 13.1 Å². The molecule has 12 heteroatoms. The molecule has 4 rings (SSSR count). The first-order valence-electron chi connectivity index (χ1n) is 11.8. The lowest BCUT2D eigenvalue weighted by atomic mass is 9.74. The second-order valence-corrected chi connectivity index (χ2v) is 9.63. The first kappa shape index (κ1) is 29.1. The third-order valence-corrected chi connectivity index (χ3v) is 6.10. The minimum Gasteiger partial charge on any atom is -0.453 e. The van der Waals surface area contributed by atoms with E-state index in [-0.39, 0.29) is 27.0 Å². The van der Waals surface area contributed by atoms with E-state index < -0.39 is 5.60 Å². The van der Waals surface area contributed by atoms with Gasteiger partial charge in [-0.05, 0) is 93.8 Å². The molecule has 0 spiro atoms. The maximum atomic E-state index is 9.45. The van der Waals surface area contributed by atoms with Crippen molar-refractivity contribution in [3.05, 3.63) is 0 Å². The Morgan fingerprint density at radius 1 is 0.968 bits per heavy atom. The van der Waals surface area contributed by atoms with Crippen LogP contribution in [0.3, 0.4) is 0 Å². The van der Waals surface area contributed by atoms with Gasteiger partial charge in [0.15, 0.2) is 0 Å². The van der Waals surface area contributed by atoms with Crippen LogP contribution in [0.4, 0.5) is 0 Å². The third kappa shape index (κ3) is 9.44. The van der Waals surface area contributed by atoms with Crippen molar-refractivity contribution >= 4 is 36.3 Å². The van der Waals surface area contributed by atoms with Gasteiger partial charge in [0, 0.05) is 12.1 Å². The monoisotopic (exact) mass is 434 g/mol. The molecule has 0 aromatic heterocycles. The van der Waals surface area contributed by atoms with Gasteiger partial charge < -0.3 is 33.6 Å². The van der Waals surface area contributed by atoms with E-state index in [1.54, 1.807) is 0 Å². The van der Waals surface area contributed by atoms with E-state index in [1.807, 2.05) is 34.3 Å². The third-order valence-electron chi connectivity index (χ3n) is 6.10. The van der Waals surface area contributed by atoms with Crippen LogP contribution in [-0.2, 0) is 18.4 Å². The Morgan fingerprint density at radius 3 is 1.84 bits per heavy atom. The maximum Gasteiger partial charge on any atom is 0.426 e. The second kappa shape index (κ2) is 13.1. The first-order chi connectivity index (χ1) is 14.4. The molecule has 2 atom stereocenters. The summed E-state index contributed by atoms with van der Waals surface area (Å²) in [6.45, 7) is 19.7. The van der Waals surface area contributed by atoms with Gasteiger partial charge in [-0.3, -0.25) is 0 Å². The van der Waals surface area contributed by atoms with Gasteiger partial charge in [0.2, 0.25) is 0 Å². The maximum absolute atomic E-state index is 9.45. The van der Waals surface area contributed by atoms with Crippen LogP contribution in [0.5, 0.6) is 0 Å². The molecule has 7 nitrogen and oxygen atoms in total. The predicted octanol–water partition coefficient (Wildman–Crippen LogP) is 2.49. The molecule has 4 aliphatic heterocycles.